The van der Waals surface area contributed by atoms with Gasteiger partial charge in [0.05, 0.1) is 7.11 Å². The summed E-state index contributed by atoms with van der Waals surface area (Å²) in [5.74, 6) is -0.251. The molecule has 0 amide bonds. The summed E-state index contributed by atoms with van der Waals surface area (Å²) in [6.45, 7) is 3.96. The van der Waals surface area contributed by atoms with Gasteiger partial charge >= 0.3 is 0 Å². The molecular weight excluding hydrogens is 207 g/mol. The minimum Gasteiger partial charge on any atom is -0.494 e. The number of Topliss-reactive ketones (excluding diaryl/α,β-unsaturated/α-hetero) is 1. The quantitative estimate of drug-likeness (QED) is 0.716. The molecule has 16 heavy (non-hydrogen) atoms. The summed E-state index contributed by atoms with van der Waals surface area (Å²) in [6.07, 6.45) is 1.60. The first kappa shape index (κ1) is 12.7. The first-order valence-electron chi connectivity index (χ1n) is 5.51. The van der Waals surface area contributed by atoms with Crippen molar-refractivity contribution < 1.29 is 13.9 Å². The number of methoxy groups -OCH3 is 1. The van der Waals surface area contributed by atoms with Gasteiger partial charge in [-0.25, -0.2) is 4.39 Å². The van der Waals surface area contributed by atoms with Crippen LogP contribution in [0.25, 0.3) is 0 Å². The third-order valence-electron chi connectivity index (χ3n) is 2.79. The molecule has 3 heteroatoms. The molecule has 1 rings (SSSR count). The molecular formula is C13H17FO2. The summed E-state index contributed by atoms with van der Waals surface area (Å²) in [5.41, 5.74) is 0.520. The number of carbonyl (C=O) groups is 1. The van der Waals surface area contributed by atoms with Gasteiger partial charge in [0.25, 0.3) is 0 Å². The van der Waals surface area contributed by atoms with E-state index in [0.717, 1.165) is 12.8 Å². The average Bonchev–Trinajstić information content (AvgIpc) is 2.31. The van der Waals surface area contributed by atoms with Crippen LogP contribution in [0.4, 0.5) is 4.39 Å². The van der Waals surface area contributed by atoms with Crippen LogP contribution in [0.3, 0.4) is 0 Å². The SMILES string of the molecule is CCC(CC)C(=O)c1ccc(F)c(OC)c1. The molecule has 0 spiro atoms. The molecule has 0 saturated carbocycles. The molecule has 0 radical (unpaired) electrons. The van der Waals surface area contributed by atoms with E-state index in [-0.39, 0.29) is 17.5 Å². The highest BCUT2D eigenvalue weighted by Crippen LogP contribution is 2.22. The molecule has 0 bridgehead atoms. The fourth-order valence-electron chi connectivity index (χ4n) is 1.71. The lowest BCUT2D eigenvalue weighted by Gasteiger charge is -2.11. The van der Waals surface area contributed by atoms with Crippen LogP contribution in [0.1, 0.15) is 37.0 Å². The van der Waals surface area contributed by atoms with Crippen LogP contribution in [0.2, 0.25) is 0 Å². The molecule has 1 aromatic carbocycles. The van der Waals surface area contributed by atoms with Gasteiger partial charge in [-0.3, -0.25) is 4.79 Å². The molecule has 0 heterocycles. The lowest BCUT2D eigenvalue weighted by molar-refractivity contribution is 0.0913. The number of ether oxygens (including phenoxy) is 1. The first-order valence-corrected chi connectivity index (χ1v) is 5.51. The number of hydrogen-bond acceptors (Lipinski definition) is 2. The summed E-state index contributed by atoms with van der Waals surface area (Å²) in [7, 11) is 1.39. The second kappa shape index (κ2) is 5.64. The van der Waals surface area contributed by atoms with E-state index < -0.39 is 5.82 Å². The van der Waals surface area contributed by atoms with Crippen LogP contribution in [-0.4, -0.2) is 12.9 Å². The van der Waals surface area contributed by atoms with Crippen LogP contribution < -0.4 is 4.74 Å². The molecule has 1 aromatic rings. The Hall–Kier alpha value is -1.38. The van der Waals surface area contributed by atoms with Gasteiger partial charge in [0.1, 0.15) is 0 Å². The Balaban J connectivity index is 3.00. The van der Waals surface area contributed by atoms with Crippen molar-refractivity contribution in [2.45, 2.75) is 26.7 Å². The van der Waals surface area contributed by atoms with Crippen LogP contribution in [0, 0.1) is 11.7 Å². The standard InChI is InChI=1S/C13H17FO2/c1-4-9(5-2)13(15)10-6-7-11(14)12(8-10)16-3/h6-9H,4-5H2,1-3H3. The smallest absolute Gasteiger partial charge is 0.166 e. The summed E-state index contributed by atoms with van der Waals surface area (Å²) < 4.78 is 18.0. The third-order valence-corrected chi connectivity index (χ3v) is 2.79. The normalized spacial score (nSPS) is 10.6. The summed E-state index contributed by atoms with van der Waals surface area (Å²) in [5, 5.41) is 0. The van der Waals surface area contributed by atoms with Crippen molar-refractivity contribution >= 4 is 5.78 Å². The van der Waals surface area contributed by atoms with Gasteiger partial charge in [-0.1, -0.05) is 13.8 Å². The second-order valence-electron chi connectivity index (χ2n) is 3.73. The van der Waals surface area contributed by atoms with E-state index >= 15 is 0 Å². The topological polar surface area (TPSA) is 26.3 Å². The fourth-order valence-corrected chi connectivity index (χ4v) is 1.71. The Labute approximate surface area is 95.4 Å². The highest BCUT2D eigenvalue weighted by Gasteiger charge is 2.17. The third kappa shape index (κ3) is 2.60. The second-order valence-corrected chi connectivity index (χ2v) is 3.73. The fraction of sp³-hybridized carbons (Fsp3) is 0.462. The molecule has 0 saturated heterocycles. The van der Waals surface area contributed by atoms with Crippen molar-refractivity contribution in [2.24, 2.45) is 5.92 Å². The number of ketones is 1. The van der Waals surface area contributed by atoms with E-state index in [1.165, 1.54) is 25.3 Å². The van der Waals surface area contributed by atoms with E-state index in [2.05, 4.69) is 0 Å². The van der Waals surface area contributed by atoms with E-state index in [0.29, 0.717) is 5.56 Å². The van der Waals surface area contributed by atoms with Gasteiger partial charge in [-0.15, -0.1) is 0 Å². The van der Waals surface area contributed by atoms with Crippen molar-refractivity contribution in [1.82, 2.24) is 0 Å². The summed E-state index contributed by atoms with van der Waals surface area (Å²) >= 11 is 0. The Morgan fingerprint density at radius 2 is 2.00 bits per heavy atom. The van der Waals surface area contributed by atoms with Crippen LogP contribution in [-0.2, 0) is 0 Å². The van der Waals surface area contributed by atoms with Crippen molar-refractivity contribution in [3.05, 3.63) is 29.6 Å². The van der Waals surface area contributed by atoms with Crippen LogP contribution >= 0.6 is 0 Å². The molecule has 0 aliphatic carbocycles. The minimum atomic E-state index is -0.441. The summed E-state index contributed by atoms with van der Waals surface area (Å²) in [4.78, 5) is 12.0. The average molecular weight is 224 g/mol. The van der Waals surface area contributed by atoms with Crippen LogP contribution in [0.5, 0.6) is 5.75 Å². The molecule has 0 atom stereocenters. The molecule has 0 aliphatic rings. The minimum absolute atomic E-state index is 0.00941. The van der Waals surface area contributed by atoms with E-state index in [1.54, 1.807) is 0 Å². The maximum absolute atomic E-state index is 13.2. The van der Waals surface area contributed by atoms with Crippen LogP contribution in [0.15, 0.2) is 18.2 Å². The zero-order chi connectivity index (χ0) is 12.1. The Morgan fingerprint density at radius 1 is 1.38 bits per heavy atom. The number of benzene rings is 1. The zero-order valence-corrected chi connectivity index (χ0v) is 9.92. The van der Waals surface area contributed by atoms with Crippen molar-refractivity contribution in [3.8, 4) is 5.75 Å². The predicted molar refractivity (Wildman–Crippen MR) is 61.4 cm³/mol. The van der Waals surface area contributed by atoms with Gasteiger partial charge in [0.2, 0.25) is 0 Å². The monoisotopic (exact) mass is 224 g/mol. The number of hydrogen-bond donors (Lipinski definition) is 0. The van der Waals surface area contributed by atoms with E-state index in [4.69, 9.17) is 4.74 Å². The molecule has 0 unspecified atom stereocenters. The Bertz CT molecular complexity index is 370. The van der Waals surface area contributed by atoms with Crippen molar-refractivity contribution in [2.75, 3.05) is 7.11 Å². The van der Waals surface area contributed by atoms with Gasteiger partial charge in [0.15, 0.2) is 17.3 Å². The maximum Gasteiger partial charge on any atom is 0.166 e. The largest absolute Gasteiger partial charge is 0.494 e. The highest BCUT2D eigenvalue weighted by atomic mass is 19.1. The molecule has 0 aliphatic heterocycles. The Morgan fingerprint density at radius 3 is 2.50 bits per heavy atom. The highest BCUT2D eigenvalue weighted by molar-refractivity contribution is 5.98. The zero-order valence-electron chi connectivity index (χ0n) is 9.92. The van der Waals surface area contributed by atoms with E-state index in [9.17, 15) is 9.18 Å². The Kier molecular flexibility index (Phi) is 4.47. The first-order chi connectivity index (χ1) is 7.63. The number of halogens is 1. The molecule has 88 valence electrons. The van der Waals surface area contributed by atoms with Gasteiger partial charge in [-0.05, 0) is 31.0 Å². The van der Waals surface area contributed by atoms with Gasteiger partial charge in [0, 0.05) is 11.5 Å². The number of carbonyl (C=O) groups excluding carboxylic acids is 1. The van der Waals surface area contributed by atoms with Gasteiger partial charge in [-0.2, -0.15) is 0 Å². The number of rotatable bonds is 5. The predicted octanol–water partition coefficient (Wildman–Crippen LogP) is 3.45. The molecule has 0 fully saturated rings. The van der Waals surface area contributed by atoms with Crippen molar-refractivity contribution in [3.63, 3.8) is 0 Å². The molecule has 0 aromatic heterocycles. The molecule has 2 nitrogen and oxygen atoms in total. The summed E-state index contributed by atoms with van der Waals surface area (Å²) in [6, 6.07) is 4.25. The lowest BCUT2D eigenvalue weighted by Crippen LogP contribution is -2.13. The van der Waals surface area contributed by atoms with Crippen molar-refractivity contribution in [1.29, 1.82) is 0 Å². The van der Waals surface area contributed by atoms with E-state index in [1.807, 2.05) is 13.8 Å². The lowest BCUT2D eigenvalue weighted by atomic mass is 9.93. The maximum atomic E-state index is 13.2. The molecule has 0 N–H and O–H groups in total. The van der Waals surface area contributed by atoms with Gasteiger partial charge < -0.3 is 4.74 Å².